The first-order valence-corrected chi connectivity index (χ1v) is 9.57. The molecule has 0 aliphatic rings. The summed E-state index contributed by atoms with van der Waals surface area (Å²) in [6.07, 6.45) is 1.56. The fourth-order valence-corrected chi connectivity index (χ4v) is 2.66. The van der Waals surface area contributed by atoms with E-state index in [9.17, 15) is 0 Å². The Morgan fingerprint density at radius 3 is 2.11 bits per heavy atom. The maximum Gasteiger partial charge on any atom is 0.106 e. The Kier molecular flexibility index (Phi) is 11.2. The van der Waals surface area contributed by atoms with Crippen LogP contribution in [0.5, 0.6) is 0 Å². The summed E-state index contributed by atoms with van der Waals surface area (Å²) in [5.74, 6) is 0. The van der Waals surface area contributed by atoms with Gasteiger partial charge in [-0.3, -0.25) is 0 Å². The summed E-state index contributed by atoms with van der Waals surface area (Å²) >= 11 is 0. The molecule has 0 aromatic heterocycles. The molecule has 0 amide bonds. The predicted molar refractivity (Wildman–Crippen MR) is 110 cm³/mol. The lowest BCUT2D eigenvalue weighted by Crippen LogP contribution is -2.16. The van der Waals surface area contributed by atoms with Crippen molar-refractivity contribution in [3.63, 3.8) is 0 Å². The zero-order chi connectivity index (χ0) is 19.9. The summed E-state index contributed by atoms with van der Waals surface area (Å²) < 4.78 is 22.2. The summed E-state index contributed by atoms with van der Waals surface area (Å²) in [6, 6.07) is 18.6. The highest BCUT2D eigenvalue weighted by atomic mass is 16.6. The van der Waals surface area contributed by atoms with Crippen LogP contribution in [0, 0.1) is 0 Å². The molecule has 0 saturated carbocycles. The van der Waals surface area contributed by atoms with Crippen LogP contribution in [0.4, 0.5) is 0 Å². The van der Waals surface area contributed by atoms with E-state index in [0.717, 1.165) is 5.56 Å². The Labute approximate surface area is 167 Å². The van der Waals surface area contributed by atoms with E-state index in [-0.39, 0.29) is 12.7 Å². The Bertz CT molecular complexity index is 642. The smallest absolute Gasteiger partial charge is 0.106 e. The van der Waals surface area contributed by atoms with E-state index in [1.165, 1.54) is 11.1 Å². The second kappa shape index (κ2) is 14.0. The quantitative estimate of drug-likeness (QED) is 0.374. The molecule has 0 fully saturated rings. The lowest BCUT2D eigenvalue weighted by Gasteiger charge is -2.19. The zero-order valence-electron chi connectivity index (χ0n) is 16.3. The van der Waals surface area contributed by atoms with Gasteiger partial charge in [0.25, 0.3) is 0 Å². The van der Waals surface area contributed by atoms with Crippen molar-refractivity contribution in [3.05, 3.63) is 72.8 Å². The van der Waals surface area contributed by atoms with Gasteiger partial charge in [-0.25, -0.2) is 0 Å². The van der Waals surface area contributed by atoms with Crippen molar-refractivity contribution in [1.29, 1.82) is 0 Å². The highest BCUT2D eigenvalue weighted by molar-refractivity contribution is 5.63. The monoisotopic (exact) mass is 386 g/mol. The van der Waals surface area contributed by atoms with Gasteiger partial charge in [0.05, 0.1) is 52.9 Å². The van der Waals surface area contributed by atoms with Crippen molar-refractivity contribution in [2.45, 2.75) is 6.10 Å². The predicted octanol–water partition coefficient (Wildman–Crippen LogP) is 3.64. The molecular weight excluding hydrogens is 356 g/mol. The normalized spacial score (nSPS) is 12.0. The summed E-state index contributed by atoms with van der Waals surface area (Å²) in [4.78, 5) is 0. The van der Waals surface area contributed by atoms with Gasteiger partial charge in [-0.1, -0.05) is 60.7 Å². The molecule has 0 radical (unpaired) electrons. The molecule has 0 bridgehead atoms. The minimum Gasteiger partial charge on any atom is -0.394 e. The fraction of sp³-hybridized carbons (Fsp3) is 0.391. The lowest BCUT2D eigenvalue weighted by atomic mass is 10.0. The van der Waals surface area contributed by atoms with Crippen LogP contribution in [0.1, 0.15) is 11.7 Å². The molecule has 2 aromatic carbocycles. The summed E-state index contributed by atoms with van der Waals surface area (Å²) in [5.41, 5.74) is 3.42. The first-order chi connectivity index (χ1) is 13.8. The van der Waals surface area contributed by atoms with E-state index in [2.05, 4.69) is 43.0 Å². The molecule has 28 heavy (non-hydrogen) atoms. The van der Waals surface area contributed by atoms with Crippen molar-refractivity contribution in [1.82, 2.24) is 0 Å². The van der Waals surface area contributed by atoms with Gasteiger partial charge in [0.2, 0.25) is 0 Å². The Balaban J connectivity index is 1.84. The largest absolute Gasteiger partial charge is 0.394 e. The van der Waals surface area contributed by atoms with E-state index < -0.39 is 0 Å². The van der Waals surface area contributed by atoms with Gasteiger partial charge >= 0.3 is 0 Å². The van der Waals surface area contributed by atoms with Gasteiger partial charge in [-0.15, -0.1) is 6.58 Å². The van der Waals surface area contributed by atoms with Crippen LogP contribution >= 0.6 is 0 Å². The second-order valence-corrected chi connectivity index (χ2v) is 6.12. The molecule has 1 atom stereocenters. The molecule has 152 valence electrons. The summed E-state index contributed by atoms with van der Waals surface area (Å²) in [7, 11) is 0. The number of hydrogen-bond acceptors (Lipinski definition) is 5. The summed E-state index contributed by atoms with van der Waals surface area (Å²) in [6.45, 7) is 6.86. The zero-order valence-corrected chi connectivity index (χ0v) is 16.3. The number of benzene rings is 2. The number of rotatable bonds is 15. The van der Waals surface area contributed by atoms with Crippen molar-refractivity contribution >= 4 is 0 Å². The average Bonchev–Trinajstić information content (AvgIpc) is 2.75. The van der Waals surface area contributed by atoms with E-state index >= 15 is 0 Å². The Hall–Kier alpha value is -2.02. The van der Waals surface area contributed by atoms with Gasteiger partial charge < -0.3 is 24.1 Å². The van der Waals surface area contributed by atoms with Crippen molar-refractivity contribution in [3.8, 4) is 11.1 Å². The van der Waals surface area contributed by atoms with Crippen LogP contribution in [0.2, 0.25) is 0 Å². The molecule has 1 unspecified atom stereocenters. The molecule has 0 heterocycles. The van der Waals surface area contributed by atoms with Crippen LogP contribution in [-0.4, -0.2) is 58.0 Å². The summed E-state index contributed by atoms with van der Waals surface area (Å²) in [5, 5.41) is 8.64. The number of hydrogen-bond donors (Lipinski definition) is 1. The van der Waals surface area contributed by atoms with Crippen LogP contribution < -0.4 is 0 Å². The molecular formula is C23H30O5. The van der Waals surface area contributed by atoms with E-state index in [1.807, 2.05) is 18.2 Å². The average molecular weight is 386 g/mol. The Morgan fingerprint density at radius 2 is 1.43 bits per heavy atom. The third-order valence-electron chi connectivity index (χ3n) is 4.05. The van der Waals surface area contributed by atoms with Crippen LogP contribution in [0.25, 0.3) is 11.1 Å². The SMILES string of the molecule is C=CCOCC(OCCOCCOCCO)c1ccc(-c2ccccc2)cc1. The number of aliphatic hydroxyl groups is 1. The van der Waals surface area contributed by atoms with Crippen molar-refractivity contribution in [2.75, 3.05) is 52.9 Å². The van der Waals surface area contributed by atoms with Gasteiger partial charge in [0, 0.05) is 0 Å². The molecule has 2 aromatic rings. The molecule has 5 heteroatoms. The standard InChI is InChI=1S/C23H30O5/c1-2-13-27-19-23(28-18-17-26-16-15-25-14-12-24)22-10-8-21(9-11-22)20-6-4-3-5-7-20/h2-11,23-24H,1,12-19H2. The third-order valence-corrected chi connectivity index (χ3v) is 4.05. The first kappa shape index (κ1) is 22.3. The minimum atomic E-state index is -0.168. The van der Waals surface area contributed by atoms with Crippen molar-refractivity contribution < 1.29 is 24.1 Å². The molecule has 0 aliphatic heterocycles. The first-order valence-electron chi connectivity index (χ1n) is 9.57. The van der Waals surface area contributed by atoms with Gasteiger partial charge in [0.1, 0.15) is 6.10 Å². The van der Waals surface area contributed by atoms with Gasteiger partial charge in [0.15, 0.2) is 0 Å². The number of ether oxygens (including phenoxy) is 4. The molecule has 0 aliphatic carbocycles. The van der Waals surface area contributed by atoms with Crippen LogP contribution in [0.15, 0.2) is 67.3 Å². The highest BCUT2D eigenvalue weighted by Crippen LogP contribution is 2.24. The Morgan fingerprint density at radius 1 is 0.786 bits per heavy atom. The molecule has 0 spiro atoms. The molecule has 1 N–H and O–H groups in total. The number of aliphatic hydroxyl groups excluding tert-OH is 1. The maximum atomic E-state index is 8.64. The van der Waals surface area contributed by atoms with Gasteiger partial charge in [-0.2, -0.15) is 0 Å². The molecule has 0 saturated heterocycles. The third kappa shape index (κ3) is 8.33. The lowest BCUT2D eigenvalue weighted by molar-refractivity contribution is -0.0426. The second-order valence-electron chi connectivity index (χ2n) is 6.12. The van der Waals surface area contributed by atoms with Crippen molar-refractivity contribution in [2.24, 2.45) is 0 Å². The van der Waals surface area contributed by atoms with Crippen LogP contribution in [-0.2, 0) is 18.9 Å². The van der Waals surface area contributed by atoms with E-state index in [0.29, 0.717) is 46.2 Å². The highest BCUT2D eigenvalue weighted by Gasteiger charge is 2.13. The van der Waals surface area contributed by atoms with Crippen LogP contribution in [0.3, 0.4) is 0 Å². The molecule has 5 nitrogen and oxygen atoms in total. The van der Waals surface area contributed by atoms with E-state index in [1.54, 1.807) is 6.08 Å². The molecule has 2 rings (SSSR count). The van der Waals surface area contributed by atoms with E-state index in [4.69, 9.17) is 24.1 Å². The fourth-order valence-electron chi connectivity index (χ4n) is 2.66. The maximum absolute atomic E-state index is 8.64. The minimum absolute atomic E-state index is 0.0264. The topological polar surface area (TPSA) is 57.2 Å². The van der Waals surface area contributed by atoms with Gasteiger partial charge in [-0.05, 0) is 16.7 Å².